The Kier molecular flexibility index (Phi) is 2.19. The van der Waals surface area contributed by atoms with Crippen molar-refractivity contribution in [1.82, 2.24) is 0 Å². The number of hydrogen-bond acceptors (Lipinski definition) is 2. The highest BCUT2D eigenvalue weighted by molar-refractivity contribution is 9.10. The van der Waals surface area contributed by atoms with Crippen molar-refractivity contribution < 1.29 is 14.7 Å². The molecule has 1 atom stereocenters. The lowest BCUT2D eigenvalue weighted by molar-refractivity contribution is -0.142. The van der Waals surface area contributed by atoms with E-state index in [1.807, 2.05) is 0 Å². The Morgan fingerprint density at radius 2 is 2.20 bits per heavy atom. The maximum Gasteiger partial charge on any atom is 0.314 e. The van der Waals surface area contributed by atoms with Gasteiger partial charge in [-0.05, 0) is 24.6 Å². The molecule has 1 N–H and O–H groups in total. The molecule has 1 aliphatic rings. The summed E-state index contributed by atoms with van der Waals surface area (Å²) in [5, 5.41) is 9.14. The number of halogens is 1. The van der Waals surface area contributed by atoms with Crippen molar-refractivity contribution in [2.75, 3.05) is 0 Å². The fraction of sp³-hybridized carbons (Fsp3) is 0.273. The second-order valence-electron chi connectivity index (χ2n) is 3.93. The van der Waals surface area contributed by atoms with Gasteiger partial charge in [0.05, 0.1) is 5.41 Å². The number of hydrogen-bond donors (Lipinski definition) is 1. The number of carbonyl (C=O) groups is 2. The van der Waals surface area contributed by atoms with Gasteiger partial charge in [0.2, 0.25) is 0 Å². The van der Waals surface area contributed by atoms with Crippen molar-refractivity contribution in [2.45, 2.75) is 18.8 Å². The fourth-order valence-electron chi connectivity index (χ4n) is 1.93. The minimum atomic E-state index is -1.06. The molecule has 0 saturated carbocycles. The molecule has 1 aliphatic carbocycles. The minimum Gasteiger partial charge on any atom is -0.481 e. The van der Waals surface area contributed by atoms with Crippen LogP contribution in [0, 0.1) is 0 Å². The van der Waals surface area contributed by atoms with Crippen LogP contribution in [0.5, 0.6) is 0 Å². The van der Waals surface area contributed by atoms with Crippen LogP contribution in [0.3, 0.4) is 0 Å². The number of rotatable bonds is 1. The van der Waals surface area contributed by atoms with E-state index in [0.29, 0.717) is 11.1 Å². The summed E-state index contributed by atoms with van der Waals surface area (Å²) in [5.41, 5.74) is 0.0742. The third-order valence-corrected chi connectivity index (χ3v) is 3.36. The van der Waals surface area contributed by atoms with E-state index in [2.05, 4.69) is 15.9 Å². The molecular weight excluding hydrogens is 260 g/mol. The Balaban J connectivity index is 2.66. The first-order chi connectivity index (χ1) is 6.95. The maximum absolute atomic E-state index is 11.7. The second kappa shape index (κ2) is 3.17. The van der Waals surface area contributed by atoms with Gasteiger partial charge in [-0.2, -0.15) is 0 Å². The van der Waals surface area contributed by atoms with Crippen molar-refractivity contribution in [1.29, 1.82) is 0 Å². The summed E-state index contributed by atoms with van der Waals surface area (Å²) in [6.45, 7) is 1.59. The average Bonchev–Trinajstić information content (AvgIpc) is 2.40. The van der Waals surface area contributed by atoms with Gasteiger partial charge in [0.25, 0.3) is 0 Å². The highest BCUT2D eigenvalue weighted by Gasteiger charge is 2.45. The topological polar surface area (TPSA) is 54.4 Å². The third-order valence-electron chi connectivity index (χ3n) is 2.86. The number of ketones is 1. The molecule has 2 rings (SSSR count). The van der Waals surface area contributed by atoms with Gasteiger partial charge in [0.15, 0.2) is 5.78 Å². The Bertz CT molecular complexity index is 467. The van der Waals surface area contributed by atoms with E-state index < -0.39 is 11.4 Å². The number of carbonyl (C=O) groups excluding carboxylic acids is 1. The lowest BCUT2D eigenvalue weighted by Gasteiger charge is -2.18. The molecule has 0 radical (unpaired) electrons. The monoisotopic (exact) mass is 268 g/mol. The SMILES string of the molecule is CC1(C(=O)O)CC(=O)c2cc(Br)ccc21. The van der Waals surface area contributed by atoms with Crippen LogP contribution in [0.25, 0.3) is 0 Å². The van der Waals surface area contributed by atoms with Crippen LogP contribution in [0.15, 0.2) is 22.7 Å². The summed E-state index contributed by atoms with van der Waals surface area (Å²) < 4.78 is 0.796. The molecule has 0 aliphatic heterocycles. The highest BCUT2D eigenvalue weighted by Crippen LogP contribution is 2.39. The van der Waals surface area contributed by atoms with Gasteiger partial charge in [-0.1, -0.05) is 22.0 Å². The van der Waals surface area contributed by atoms with Crippen LogP contribution in [0.2, 0.25) is 0 Å². The van der Waals surface area contributed by atoms with E-state index in [9.17, 15) is 9.59 Å². The summed E-state index contributed by atoms with van der Waals surface area (Å²) in [4.78, 5) is 22.8. The van der Waals surface area contributed by atoms with Gasteiger partial charge in [0, 0.05) is 16.5 Å². The molecule has 0 bridgehead atoms. The van der Waals surface area contributed by atoms with Crippen molar-refractivity contribution in [3.8, 4) is 0 Å². The molecule has 78 valence electrons. The van der Waals surface area contributed by atoms with Crippen molar-refractivity contribution in [2.24, 2.45) is 0 Å². The van der Waals surface area contributed by atoms with Gasteiger partial charge in [-0.15, -0.1) is 0 Å². The predicted octanol–water partition coefficient (Wildman–Crippen LogP) is 2.38. The van der Waals surface area contributed by atoms with Crippen LogP contribution >= 0.6 is 15.9 Å². The first-order valence-electron chi connectivity index (χ1n) is 4.52. The van der Waals surface area contributed by atoms with Gasteiger partial charge in [-0.25, -0.2) is 0 Å². The van der Waals surface area contributed by atoms with Gasteiger partial charge in [0.1, 0.15) is 0 Å². The standard InChI is InChI=1S/C11H9BrO3/c1-11(10(14)15)5-9(13)7-4-6(12)2-3-8(7)11/h2-4H,5H2,1H3,(H,14,15). The zero-order valence-corrected chi connectivity index (χ0v) is 9.67. The summed E-state index contributed by atoms with van der Waals surface area (Å²) >= 11 is 3.27. The lowest BCUT2D eigenvalue weighted by atomic mass is 9.84. The second-order valence-corrected chi connectivity index (χ2v) is 4.84. The molecule has 15 heavy (non-hydrogen) atoms. The quantitative estimate of drug-likeness (QED) is 0.851. The van der Waals surface area contributed by atoms with E-state index in [1.54, 1.807) is 25.1 Å². The smallest absolute Gasteiger partial charge is 0.314 e. The largest absolute Gasteiger partial charge is 0.481 e. The number of carboxylic acids is 1. The van der Waals surface area contributed by atoms with Crippen molar-refractivity contribution in [3.63, 3.8) is 0 Å². The first kappa shape index (κ1) is 10.4. The van der Waals surface area contributed by atoms with Crippen LogP contribution in [-0.2, 0) is 10.2 Å². The normalized spacial score (nSPS) is 24.0. The molecule has 0 fully saturated rings. The number of benzene rings is 1. The molecule has 0 aromatic heterocycles. The number of carboxylic acid groups (broad SMARTS) is 1. The molecule has 0 amide bonds. The lowest BCUT2D eigenvalue weighted by Crippen LogP contribution is -2.29. The van der Waals surface area contributed by atoms with Crippen LogP contribution < -0.4 is 0 Å². The highest BCUT2D eigenvalue weighted by atomic mass is 79.9. The minimum absolute atomic E-state index is 0.0497. The molecule has 1 unspecified atom stereocenters. The zero-order chi connectivity index (χ0) is 11.2. The fourth-order valence-corrected chi connectivity index (χ4v) is 2.29. The van der Waals surface area contributed by atoms with Gasteiger partial charge < -0.3 is 5.11 Å². The maximum atomic E-state index is 11.7. The van der Waals surface area contributed by atoms with E-state index in [-0.39, 0.29) is 12.2 Å². The molecule has 0 saturated heterocycles. The molecular formula is C11H9BrO3. The molecule has 3 nitrogen and oxygen atoms in total. The van der Waals surface area contributed by atoms with Crippen LogP contribution in [-0.4, -0.2) is 16.9 Å². The van der Waals surface area contributed by atoms with Gasteiger partial charge in [-0.3, -0.25) is 9.59 Å². The van der Waals surface area contributed by atoms with Crippen molar-refractivity contribution in [3.05, 3.63) is 33.8 Å². The Morgan fingerprint density at radius 3 is 2.80 bits per heavy atom. The summed E-state index contributed by atoms with van der Waals surface area (Å²) in [7, 11) is 0. The molecule has 0 spiro atoms. The number of Topliss-reactive ketones (excluding diaryl/α,β-unsaturated/α-hetero) is 1. The van der Waals surface area contributed by atoms with Crippen molar-refractivity contribution >= 4 is 27.7 Å². The van der Waals surface area contributed by atoms with Crippen LogP contribution in [0.1, 0.15) is 29.3 Å². The average molecular weight is 269 g/mol. The number of aliphatic carboxylic acids is 1. The summed E-state index contributed by atoms with van der Waals surface area (Å²) in [5.74, 6) is -1.05. The number of fused-ring (bicyclic) bond motifs is 1. The molecule has 0 heterocycles. The first-order valence-corrected chi connectivity index (χ1v) is 5.31. The molecule has 4 heteroatoms. The molecule has 1 aromatic rings. The van der Waals surface area contributed by atoms with Gasteiger partial charge >= 0.3 is 5.97 Å². The molecule has 1 aromatic carbocycles. The summed E-state index contributed by atoms with van der Waals surface area (Å²) in [6.07, 6.45) is 0.0497. The van der Waals surface area contributed by atoms with E-state index >= 15 is 0 Å². The Hall–Kier alpha value is -1.16. The Morgan fingerprint density at radius 1 is 1.53 bits per heavy atom. The predicted molar refractivity (Wildman–Crippen MR) is 58.1 cm³/mol. The van der Waals surface area contributed by atoms with E-state index in [1.165, 1.54) is 0 Å². The third kappa shape index (κ3) is 1.40. The zero-order valence-electron chi connectivity index (χ0n) is 8.08. The van der Waals surface area contributed by atoms with E-state index in [0.717, 1.165) is 4.47 Å². The summed E-state index contributed by atoms with van der Waals surface area (Å²) in [6, 6.07) is 5.16. The van der Waals surface area contributed by atoms with E-state index in [4.69, 9.17) is 5.11 Å². The Labute approximate surface area is 95.2 Å². The van der Waals surface area contributed by atoms with Crippen LogP contribution in [0.4, 0.5) is 0 Å².